The largest absolute Gasteiger partial charge is 0.497 e. The molecule has 4 nitrogen and oxygen atoms in total. The topological polar surface area (TPSA) is 56.5 Å². The van der Waals surface area contributed by atoms with Gasteiger partial charge in [0, 0.05) is 17.8 Å². The van der Waals surface area contributed by atoms with Crippen molar-refractivity contribution in [2.45, 2.75) is 0 Å². The van der Waals surface area contributed by atoms with Crippen molar-refractivity contribution in [3.8, 4) is 11.5 Å². The second kappa shape index (κ2) is 5.71. The summed E-state index contributed by atoms with van der Waals surface area (Å²) < 4.78 is 10.3. The molecule has 0 radical (unpaired) electrons. The standard InChI is InChI=1S/C14H15ClN2O2/c1-18-10-4-6-13(12(16)8-10)17-9-3-5-11(15)14(7-9)19-2/h3-8,17H,16H2,1-2H3. The summed E-state index contributed by atoms with van der Waals surface area (Å²) in [6, 6.07) is 10.9. The highest BCUT2D eigenvalue weighted by Crippen LogP contribution is 2.31. The first kappa shape index (κ1) is 13.4. The summed E-state index contributed by atoms with van der Waals surface area (Å²) in [5.41, 5.74) is 8.19. The molecule has 0 amide bonds. The average Bonchev–Trinajstić information content (AvgIpc) is 2.43. The van der Waals surface area contributed by atoms with Gasteiger partial charge < -0.3 is 20.5 Å². The van der Waals surface area contributed by atoms with Gasteiger partial charge >= 0.3 is 0 Å². The molecule has 2 rings (SSSR count). The van der Waals surface area contributed by atoms with Crippen molar-refractivity contribution < 1.29 is 9.47 Å². The summed E-state index contributed by atoms with van der Waals surface area (Å²) in [5, 5.41) is 3.77. The maximum absolute atomic E-state index is 5.98. The molecule has 0 aliphatic carbocycles. The lowest BCUT2D eigenvalue weighted by atomic mass is 10.2. The first-order valence-electron chi connectivity index (χ1n) is 5.68. The molecule has 0 bridgehead atoms. The van der Waals surface area contributed by atoms with Crippen LogP contribution in [0.15, 0.2) is 36.4 Å². The van der Waals surface area contributed by atoms with Crippen molar-refractivity contribution in [3.05, 3.63) is 41.4 Å². The smallest absolute Gasteiger partial charge is 0.139 e. The van der Waals surface area contributed by atoms with Crippen LogP contribution in [0.2, 0.25) is 5.02 Å². The number of hydrogen-bond acceptors (Lipinski definition) is 4. The lowest BCUT2D eigenvalue weighted by molar-refractivity contribution is 0.415. The Morgan fingerprint density at radius 1 is 1.05 bits per heavy atom. The Kier molecular flexibility index (Phi) is 4.02. The highest BCUT2D eigenvalue weighted by Gasteiger charge is 2.05. The van der Waals surface area contributed by atoms with Gasteiger partial charge in [0.15, 0.2) is 0 Å². The van der Waals surface area contributed by atoms with E-state index in [-0.39, 0.29) is 0 Å². The molecule has 2 aromatic carbocycles. The Hall–Kier alpha value is -2.07. The third kappa shape index (κ3) is 3.03. The number of nitrogens with one attached hydrogen (secondary N) is 1. The number of hydrogen-bond donors (Lipinski definition) is 2. The molecule has 3 N–H and O–H groups in total. The number of rotatable bonds is 4. The van der Waals surface area contributed by atoms with E-state index < -0.39 is 0 Å². The molecule has 0 saturated heterocycles. The minimum atomic E-state index is 0.566. The molecule has 0 aliphatic heterocycles. The lowest BCUT2D eigenvalue weighted by Gasteiger charge is -2.12. The maximum Gasteiger partial charge on any atom is 0.139 e. The third-order valence-electron chi connectivity index (χ3n) is 2.69. The molecule has 5 heteroatoms. The van der Waals surface area contributed by atoms with E-state index in [2.05, 4.69) is 5.32 Å². The van der Waals surface area contributed by atoms with Crippen LogP contribution in [0, 0.1) is 0 Å². The van der Waals surface area contributed by atoms with E-state index in [1.807, 2.05) is 24.3 Å². The van der Waals surface area contributed by atoms with Crippen LogP contribution in [0.5, 0.6) is 11.5 Å². The predicted octanol–water partition coefficient (Wildman–Crippen LogP) is 3.68. The molecule has 0 spiro atoms. The fourth-order valence-electron chi connectivity index (χ4n) is 1.67. The highest BCUT2D eigenvalue weighted by atomic mass is 35.5. The minimum Gasteiger partial charge on any atom is -0.497 e. The van der Waals surface area contributed by atoms with E-state index >= 15 is 0 Å². The summed E-state index contributed by atoms with van der Waals surface area (Å²) in [6.07, 6.45) is 0. The zero-order chi connectivity index (χ0) is 13.8. The second-order valence-corrected chi connectivity index (χ2v) is 4.33. The number of anilines is 3. The molecule has 0 atom stereocenters. The Morgan fingerprint density at radius 3 is 2.47 bits per heavy atom. The van der Waals surface area contributed by atoms with Crippen molar-refractivity contribution >= 4 is 28.7 Å². The van der Waals surface area contributed by atoms with Gasteiger partial charge in [0.2, 0.25) is 0 Å². The van der Waals surface area contributed by atoms with Gasteiger partial charge in [-0.1, -0.05) is 11.6 Å². The van der Waals surface area contributed by atoms with Crippen LogP contribution in [0.25, 0.3) is 0 Å². The molecule has 0 fully saturated rings. The van der Waals surface area contributed by atoms with Crippen LogP contribution in [-0.4, -0.2) is 14.2 Å². The van der Waals surface area contributed by atoms with Gasteiger partial charge in [0.25, 0.3) is 0 Å². The van der Waals surface area contributed by atoms with Crippen LogP contribution in [-0.2, 0) is 0 Å². The Labute approximate surface area is 117 Å². The Balaban J connectivity index is 2.26. The normalized spacial score (nSPS) is 10.1. The zero-order valence-electron chi connectivity index (χ0n) is 10.7. The SMILES string of the molecule is COc1ccc(Nc2ccc(Cl)c(OC)c2)c(N)c1. The van der Waals surface area contributed by atoms with E-state index in [4.69, 9.17) is 26.8 Å². The van der Waals surface area contributed by atoms with Crippen molar-refractivity contribution in [2.24, 2.45) is 0 Å². The molecule has 2 aromatic rings. The molecule has 0 heterocycles. The number of ether oxygens (including phenoxy) is 2. The number of nitrogen functional groups attached to an aromatic ring is 1. The fourth-order valence-corrected chi connectivity index (χ4v) is 1.87. The number of halogens is 1. The summed E-state index contributed by atoms with van der Waals surface area (Å²) in [4.78, 5) is 0. The molecule has 0 unspecified atom stereocenters. The first-order valence-corrected chi connectivity index (χ1v) is 6.06. The van der Waals surface area contributed by atoms with Gasteiger partial charge in [0.1, 0.15) is 11.5 Å². The van der Waals surface area contributed by atoms with Crippen molar-refractivity contribution in [1.29, 1.82) is 0 Å². The van der Waals surface area contributed by atoms with Gasteiger partial charge in [-0.2, -0.15) is 0 Å². The molecule has 0 saturated carbocycles. The maximum atomic E-state index is 5.98. The second-order valence-electron chi connectivity index (χ2n) is 3.93. The van der Waals surface area contributed by atoms with Gasteiger partial charge in [0.05, 0.1) is 30.6 Å². The van der Waals surface area contributed by atoms with E-state index in [0.29, 0.717) is 16.5 Å². The molecule has 0 aliphatic rings. The van der Waals surface area contributed by atoms with E-state index in [0.717, 1.165) is 17.1 Å². The lowest BCUT2D eigenvalue weighted by Crippen LogP contribution is -1.97. The van der Waals surface area contributed by atoms with Crippen LogP contribution < -0.4 is 20.5 Å². The van der Waals surface area contributed by atoms with Gasteiger partial charge in [-0.25, -0.2) is 0 Å². The van der Waals surface area contributed by atoms with Crippen LogP contribution >= 0.6 is 11.6 Å². The van der Waals surface area contributed by atoms with Gasteiger partial charge in [-0.05, 0) is 24.3 Å². The Morgan fingerprint density at radius 2 is 1.84 bits per heavy atom. The minimum absolute atomic E-state index is 0.566. The van der Waals surface area contributed by atoms with Crippen LogP contribution in [0.3, 0.4) is 0 Å². The summed E-state index contributed by atoms with van der Waals surface area (Å²) in [5.74, 6) is 1.33. The first-order chi connectivity index (χ1) is 9.13. The van der Waals surface area contributed by atoms with E-state index in [1.54, 1.807) is 26.4 Å². The van der Waals surface area contributed by atoms with Crippen molar-refractivity contribution in [2.75, 3.05) is 25.3 Å². The highest BCUT2D eigenvalue weighted by molar-refractivity contribution is 6.32. The molecule has 19 heavy (non-hydrogen) atoms. The molecular weight excluding hydrogens is 264 g/mol. The van der Waals surface area contributed by atoms with Crippen molar-refractivity contribution in [3.63, 3.8) is 0 Å². The van der Waals surface area contributed by atoms with Crippen LogP contribution in [0.1, 0.15) is 0 Å². The van der Waals surface area contributed by atoms with E-state index in [9.17, 15) is 0 Å². The predicted molar refractivity (Wildman–Crippen MR) is 78.7 cm³/mol. The van der Waals surface area contributed by atoms with Crippen LogP contribution in [0.4, 0.5) is 17.1 Å². The monoisotopic (exact) mass is 278 g/mol. The number of benzene rings is 2. The summed E-state index contributed by atoms with van der Waals surface area (Å²) in [7, 11) is 3.18. The fraction of sp³-hybridized carbons (Fsp3) is 0.143. The van der Waals surface area contributed by atoms with E-state index in [1.165, 1.54) is 0 Å². The third-order valence-corrected chi connectivity index (χ3v) is 3.00. The summed E-state index contributed by atoms with van der Waals surface area (Å²) in [6.45, 7) is 0. The number of nitrogens with two attached hydrogens (primary N) is 1. The molecule has 0 aromatic heterocycles. The average molecular weight is 279 g/mol. The molecular formula is C14H15ClN2O2. The van der Waals surface area contributed by atoms with Gasteiger partial charge in [-0.15, -0.1) is 0 Å². The number of methoxy groups -OCH3 is 2. The van der Waals surface area contributed by atoms with Crippen molar-refractivity contribution in [1.82, 2.24) is 0 Å². The quantitative estimate of drug-likeness (QED) is 0.838. The Bertz CT molecular complexity index is 588. The molecule has 100 valence electrons. The van der Waals surface area contributed by atoms with Gasteiger partial charge in [-0.3, -0.25) is 0 Å². The zero-order valence-corrected chi connectivity index (χ0v) is 11.5. The summed E-state index contributed by atoms with van der Waals surface area (Å²) >= 11 is 5.98.